The van der Waals surface area contributed by atoms with E-state index in [9.17, 15) is 4.79 Å². The van der Waals surface area contributed by atoms with Crippen LogP contribution in [-0.2, 0) is 4.79 Å². The molecule has 1 heterocycles. The van der Waals surface area contributed by atoms with E-state index in [0.29, 0.717) is 12.6 Å². The van der Waals surface area contributed by atoms with Crippen molar-refractivity contribution in [3.8, 4) is 0 Å². The summed E-state index contributed by atoms with van der Waals surface area (Å²) in [6.07, 6.45) is 2.41. The summed E-state index contributed by atoms with van der Waals surface area (Å²) >= 11 is 0. The molecule has 0 spiro atoms. The maximum absolute atomic E-state index is 11.5. The highest BCUT2D eigenvalue weighted by Gasteiger charge is 2.19. The number of likely N-dealkylation sites (N-methyl/N-ethyl adjacent to an activating group) is 2. The van der Waals surface area contributed by atoms with Gasteiger partial charge in [-0.05, 0) is 26.4 Å². The first kappa shape index (κ1) is 11.5. The van der Waals surface area contributed by atoms with Gasteiger partial charge >= 0.3 is 0 Å². The Morgan fingerprint density at radius 2 is 2.14 bits per heavy atom. The lowest BCUT2D eigenvalue weighted by molar-refractivity contribution is -0.130. The van der Waals surface area contributed by atoms with E-state index in [4.69, 9.17) is 0 Å². The first-order valence-electron chi connectivity index (χ1n) is 5.22. The molecule has 1 unspecified atom stereocenters. The zero-order valence-corrected chi connectivity index (χ0v) is 9.42. The molecular weight excluding hydrogens is 178 g/mol. The number of carbonyl (C=O) groups excluding carboxylic acids is 1. The number of rotatable bonds is 3. The molecule has 1 aliphatic heterocycles. The Bertz CT molecular complexity index is 188. The van der Waals surface area contributed by atoms with E-state index in [1.165, 1.54) is 12.8 Å². The van der Waals surface area contributed by atoms with Crippen LogP contribution in [0.25, 0.3) is 0 Å². The summed E-state index contributed by atoms with van der Waals surface area (Å²) in [4.78, 5) is 15.3. The van der Waals surface area contributed by atoms with Crippen LogP contribution in [0.5, 0.6) is 0 Å². The molecule has 0 radical (unpaired) electrons. The van der Waals surface area contributed by atoms with Crippen LogP contribution >= 0.6 is 0 Å². The Kier molecular flexibility index (Phi) is 4.35. The molecule has 0 aromatic rings. The van der Waals surface area contributed by atoms with E-state index in [1.54, 1.807) is 19.0 Å². The first-order chi connectivity index (χ1) is 6.61. The van der Waals surface area contributed by atoms with Crippen LogP contribution in [0.3, 0.4) is 0 Å². The lowest BCUT2D eigenvalue weighted by atomic mass is 10.1. The van der Waals surface area contributed by atoms with Crippen molar-refractivity contribution < 1.29 is 4.79 Å². The summed E-state index contributed by atoms with van der Waals surface area (Å²) in [5, 5.41) is 3.35. The zero-order valence-electron chi connectivity index (χ0n) is 9.42. The second kappa shape index (κ2) is 5.32. The Morgan fingerprint density at radius 3 is 2.64 bits per heavy atom. The molecule has 82 valence electrons. The molecule has 0 bridgehead atoms. The van der Waals surface area contributed by atoms with Gasteiger partial charge in [-0.25, -0.2) is 0 Å². The van der Waals surface area contributed by atoms with Gasteiger partial charge < -0.3 is 10.2 Å². The van der Waals surface area contributed by atoms with Gasteiger partial charge in [0.15, 0.2) is 0 Å². The third-order valence-electron chi connectivity index (χ3n) is 2.78. The predicted octanol–water partition coefficient (Wildman–Crippen LogP) is -0.242. The van der Waals surface area contributed by atoms with Crippen molar-refractivity contribution in [3.05, 3.63) is 0 Å². The van der Waals surface area contributed by atoms with Gasteiger partial charge in [0.05, 0.1) is 6.54 Å². The van der Waals surface area contributed by atoms with Gasteiger partial charge in [0, 0.05) is 26.7 Å². The minimum atomic E-state index is 0.179. The maximum Gasteiger partial charge on any atom is 0.236 e. The van der Waals surface area contributed by atoms with Crippen LogP contribution < -0.4 is 5.32 Å². The summed E-state index contributed by atoms with van der Waals surface area (Å²) in [7, 11) is 5.63. The highest BCUT2D eigenvalue weighted by molar-refractivity contribution is 5.77. The van der Waals surface area contributed by atoms with Gasteiger partial charge in [0.2, 0.25) is 5.91 Å². The Morgan fingerprint density at radius 1 is 1.43 bits per heavy atom. The standard InChI is InChI=1S/C10H21N3O/c1-12(2)10(14)8-13(3)9-5-4-6-11-7-9/h9,11H,4-8H2,1-3H3. The molecule has 0 aromatic heterocycles. The fourth-order valence-corrected chi connectivity index (χ4v) is 1.69. The van der Waals surface area contributed by atoms with Gasteiger partial charge in [-0.3, -0.25) is 9.69 Å². The summed E-state index contributed by atoms with van der Waals surface area (Å²) in [6, 6.07) is 0.521. The molecule has 1 saturated heterocycles. The van der Waals surface area contributed by atoms with Crippen molar-refractivity contribution in [3.63, 3.8) is 0 Å². The van der Waals surface area contributed by atoms with E-state index >= 15 is 0 Å². The molecule has 14 heavy (non-hydrogen) atoms. The Balaban J connectivity index is 2.32. The van der Waals surface area contributed by atoms with Crippen LogP contribution in [0.1, 0.15) is 12.8 Å². The number of amides is 1. The van der Waals surface area contributed by atoms with Crippen molar-refractivity contribution in [1.29, 1.82) is 0 Å². The molecule has 1 fully saturated rings. The number of piperidine rings is 1. The normalized spacial score (nSPS) is 22.4. The molecule has 1 aliphatic rings. The first-order valence-corrected chi connectivity index (χ1v) is 5.22. The van der Waals surface area contributed by atoms with Gasteiger partial charge in [-0.15, -0.1) is 0 Å². The fourth-order valence-electron chi connectivity index (χ4n) is 1.69. The van der Waals surface area contributed by atoms with Crippen LogP contribution in [0.2, 0.25) is 0 Å². The van der Waals surface area contributed by atoms with Crippen LogP contribution in [-0.4, -0.2) is 62.5 Å². The number of hydrogen-bond donors (Lipinski definition) is 1. The van der Waals surface area contributed by atoms with Gasteiger partial charge in [0.1, 0.15) is 0 Å². The van der Waals surface area contributed by atoms with E-state index in [1.807, 2.05) is 7.05 Å². The lowest BCUT2D eigenvalue weighted by Crippen LogP contribution is -2.47. The fraction of sp³-hybridized carbons (Fsp3) is 0.900. The monoisotopic (exact) mass is 199 g/mol. The predicted molar refractivity (Wildman–Crippen MR) is 57.2 cm³/mol. The minimum Gasteiger partial charge on any atom is -0.348 e. The SMILES string of the molecule is CN(C)C(=O)CN(C)C1CCCNC1. The molecule has 0 aliphatic carbocycles. The summed E-state index contributed by atoms with van der Waals surface area (Å²) in [6.45, 7) is 2.66. The third kappa shape index (κ3) is 3.27. The molecule has 1 atom stereocenters. The van der Waals surface area contributed by atoms with Crippen molar-refractivity contribution in [2.24, 2.45) is 0 Å². The molecule has 1 rings (SSSR count). The summed E-state index contributed by atoms with van der Waals surface area (Å²) in [5.74, 6) is 0.179. The highest BCUT2D eigenvalue weighted by Crippen LogP contribution is 2.07. The minimum absolute atomic E-state index is 0.179. The van der Waals surface area contributed by atoms with E-state index in [0.717, 1.165) is 13.1 Å². The van der Waals surface area contributed by atoms with E-state index in [-0.39, 0.29) is 5.91 Å². The quantitative estimate of drug-likeness (QED) is 0.681. The lowest BCUT2D eigenvalue weighted by Gasteiger charge is -2.31. The van der Waals surface area contributed by atoms with Gasteiger partial charge in [0.25, 0.3) is 0 Å². The second-order valence-corrected chi connectivity index (χ2v) is 4.20. The highest BCUT2D eigenvalue weighted by atomic mass is 16.2. The van der Waals surface area contributed by atoms with E-state index in [2.05, 4.69) is 10.2 Å². The topological polar surface area (TPSA) is 35.6 Å². The largest absolute Gasteiger partial charge is 0.348 e. The molecule has 4 heteroatoms. The molecule has 1 amide bonds. The average molecular weight is 199 g/mol. The Hall–Kier alpha value is -0.610. The molecule has 1 N–H and O–H groups in total. The maximum atomic E-state index is 11.5. The van der Waals surface area contributed by atoms with Crippen molar-refractivity contribution >= 4 is 5.91 Å². The van der Waals surface area contributed by atoms with Gasteiger partial charge in [-0.2, -0.15) is 0 Å². The van der Waals surface area contributed by atoms with Crippen molar-refractivity contribution in [1.82, 2.24) is 15.1 Å². The molecule has 0 aromatic carbocycles. The second-order valence-electron chi connectivity index (χ2n) is 4.20. The number of carbonyl (C=O) groups is 1. The zero-order chi connectivity index (χ0) is 10.6. The third-order valence-corrected chi connectivity index (χ3v) is 2.78. The van der Waals surface area contributed by atoms with Crippen LogP contribution in [0.15, 0.2) is 0 Å². The van der Waals surface area contributed by atoms with Crippen molar-refractivity contribution in [2.45, 2.75) is 18.9 Å². The summed E-state index contributed by atoms with van der Waals surface area (Å²) in [5.41, 5.74) is 0. The van der Waals surface area contributed by atoms with Gasteiger partial charge in [-0.1, -0.05) is 0 Å². The molecule has 4 nitrogen and oxygen atoms in total. The molecular formula is C10H21N3O. The number of hydrogen-bond acceptors (Lipinski definition) is 3. The average Bonchev–Trinajstić information content (AvgIpc) is 2.19. The Labute approximate surface area is 86.2 Å². The number of nitrogens with one attached hydrogen (secondary N) is 1. The number of nitrogens with zero attached hydrogens (tertiary/aromatic N) is 2. The molecule has 0 saturated carbocycles. The van der Waals surface area contributed by atoms with Crippen LogP contribution in [0.4, 0.5) is 0 Å². The van der Waals surface area contributed by atoms with Crippen molar-refractivity contribution in [2.75, 3.05) is 40.8 Å². The van der Waals surface area contributed by atoms with Crippen LogP contribution in [0, 0.1) is 0 Å². The van der Waals surface area contributed by atoms with E-state index < -0.39 is 0 Å². The smallest absolute Gasteiger partial charge is 0.236 e. The summed E-state index contributed by atoms with van der Waals surface area (Å²) < 4.78 is 0.